The molecule has 3 rings (SSSR count). The number of anilines is 3. The molecule has 0 aliphatic rings. The molecule has 12 heteroatoms. The second-order valence-electron chi connectivity index (χ2n) is 8.16. The number of benzene rings is 1. The van der Waals surface area contributed by atoms with Gasteiger partial charge in [0.15, 0.2) is 21.1 Å². The SMILES string of the molecule is CN(C)S(=O)(=O)c1scc(Nc2n[s+]([O-])nc2N[C@@H](c2ccccc2)C(C)(C)C)c1O. The Morgan fingerprint density at radius 3 is 2.35 bits per heavy atom. The highest BCUT2D eigenvalue weighted by Crippen LogP contribution is 2.42. The lowest BCUT2D eigenvalue weighted by Gasteiger charge is -2.31. The number of sulfonamides is 1. The molecule has 3 aromatic rings. The van der Waals surface area contributed by atoms with Gasteiger partial charge in [-0.3, -0.25) is 0 Å². The van der Waals surface area contributed by atoms with Crippen LogP contribution in [0.2, 0.25) is 0 Å². The van der Waals surface area contributed by atoms with E-state index in [0.29, 0.717) is 0 Å². The summed E-state index contributed by atoms with van der Waals surface area (Å²) in [5.41, 5.74) is 0.952. The van der Waals surface area contributed by atoms with Gasteiger partial charge in [0.05, 0.1) is 11.7 Å². The highest BCUT2D eigenvalue weighted by Gasteiger charge is 2.31. The van der Waals surface area contributed by atoms with Crippen LogP contribution in [0.1, 0.15) is 32.4 Å². The fraction of sp³-hybridized carbons (Fsp3) is 0.368. The van der Waals surface area contributed by atoms with Crippen LogP contribution in [0.4, 0.5) is 17.3 Å². The molecule has 0 amide bonds. The molecule has 0 saturated carbocycles. The lowest BCUT2D eigenvalue weighted by atomic mass is 9.82. The van der Waals surface area contributed by atoms with Crippen LogP contribution >= 0.6 is 22.5 Å². The first kappa shape index (κ1) is 23.4. The lowest BCUT2D eigenvalue weighted by molar-refractivity contribution is 0.347. The van der Waals surface area contributed by atoms with E-state index >= 15 is 0 Å². The van der Waals surface area contributed by atoms with Gasteiger partial charge in [0.2, 0.25) is 11.6 Å². The monoisotopic (exact) mass is 483 g/mol. The van der Waals surface area contributed by atoms with Gasteiger partial charge in [0, 0.05) is 28.2 Å². The average Bonchev–Trinajstić information content (AvgIpc) is 3.22. The maximum Gasteiger partial charge on any atom is 0.255 e. The molecule has 31 heavy (non-hydrogen) atoms. The number of rotatable bonds is 7. The number of nitrogens with one attached hydrogen (secondary N) is 2. The van der Waals surface area contributed by atoms with Gasteiger partial charge in [-0.25, -0.2) is 12.7 Å². The molecule has 2 heterocycles. The van der Waals surface area contributed by atoms with Crippen molar-refractivity contribution < 1.29 is 18.1 Å². The fourth-order valence-corrected chi connectivity index (χ4v) is 5.93. The zero-order valence-corrected chi connectivity index (χ0v) is 20.2. The van der Waals surface area contributed by atoms with E-state index in [2.05, 4.69) is 40.2 Å². The summed E-state index contributed by atoms with van der Waals surface area (Å²) in [5, 5.41) is 18.1. The second kappa shape index (κ2) is 8.71. The van der Waals surface area contributed by atoms with E-state index in [1.807, 2.05) is 30.3 Å². The van der Waals surface area contributed by atoms with Crippen molar-refractivity contribution >= 4 is 49.8 Å². The van der Waals surface area contributed by atoms with Crippen LogP contribution in [-0.4, -0.2) is 45.2 Å². The van der Waals surface area contributed by atoms with Gasteiger partial charge in [0.25, 0.3) is 10.0 Å². The van der Waals surface area contributed by atoms with Crippen molar-refractivity contribution in [1.29, 1.82) is 0 Å². The van der Waals surface area contributed by atoms with E-state index in [0.717, 1.165) is 21.2 Å². The molecule has 1 unspecified atom stereocenters. The minimum absolute atomic E-state index is 0.143. The first-order valence-corrected chi connectivity index (χ1v) is 12.7. The van der Waals surface area contributed by atoms with Gasteiger partial charge < -0.3 is 20.3 Å². The Morgan fingerprint density at radius 2 is 1.77 bits per heavy atom. The molecule has 1 aromatic carbocycles. The van der Waals surface area contributed by atoms with Crippen LogP contribution in [0.3, 0.4) is 0 Å². The topological polar surface area (TPSA) is 131 Å². The number of nitrogens with zero attached hydrogens (tertiary/aromatic N) is 3. The molecule has 3 N–H and O–H groups in total. The molecule has 2 aromatic heterocycles. The van der Waals surface area contributed by atoms with Crippen LogP contribution < -0.4 is 10.6 Å². The summed E-state index contributed by atoms with van der Waals surface area (Å²) in [5.74, 6) is 0.00371. The Morgan fingerprint density at radius 1 is 1.16 bits per heavy atom. The Kier molecular flexibility index (Phi) is 6.58. The van der Waals surface area contributed by atoms with Gasteiger partial charge in [-0.2, -0.15) is 0 Å². The molecule has 2 atom stereocenters. The highest BCUT2D eigenvalue weighted by atomic mass is 32.2. The standard InChI is InChI=1S/C19H25N5O4S3/c1-19(2,3)15(12-9-7-6-8-10-12)21-17-16(22-30(26)23-17)20-13-11-29-18(14(13)25)31(27,28)24(4)5/h6-11,15,25H,1-5H3,(H,20,22)(H,21,23)/t15-,30?/m0/s1. The molecule has 0 saturated heterocycles. The molecule has 0 radical (unpaired) electrons. The number of thiophene rings is 1. The number of aromatic hydroxyl groups is 1. The molecular weight excluding hydrogens is 458 g/mol. The second-order valence-corrected chi connectivity index (χ2v) is 12.2. The van der Waals surface area contributed by atoms with Crippen LogP contribution in [-0.2, 0) is 10.0 Å². The van der Waals surface area contributed by atoms with Crippen LogP contribution in [0.25, 0.3) is 0 Å². The van der Waals surface area contributed by atoms with Crippen molar-refractivity contribution in [1.82, 2.24) is 13.1 Å². The first-order valence-electron chi connectivity index (χ1n) is 9.32. The van der Waals surface area contributed by atoms with Gasteiger partial charge >= 0.3 is 0 Å². The van der Waals surface area contributed by atoms with Crippen molar-refractivity contribution in [3.05, 3.63) is 41.3 Å². The first-order chi connectivity index (χ1) is 14.4. The molecule has 0 fully saturated rings. The normalized spacial score (nSPS) is 14.0. The van der Waals surface area contributed by atoms with Gasteiger partial charge in [0.1, 0.15) is 0 Å². The van der Waals surface area contributed by atoms with E-state index in [9.17, 15) is 18.1 Å². The van der Waals surface area contributed by atoms with Crippen LogP contribution in [0.15, 0.2) is 39.9 Å². The maximum absolute atomic E-state index is 12.4. The molecular formula is C19H25N5O4S3. The molecule has 9 nitrogen and oxygen atoms in total. The summed E-state index contributed by atoms with van der Waals surface area (Å²) >= 11 is -0.956. The van der Waals surface area contributed by atoms with Crippen molar-refractivity contribution in [2.24, 2.45) is 5.41 Å². The summed E-state index contributed by atoms with van der Waals surface area (Å²) in [6.45, 7) is 6.20. The van der Waals surface area contributed by atoms with Gasteiger partial charge in [-0.1, -0.05) is 51.1 Å². The van der Waals surface area contributed by atoms with Gasteiger partial charge in [-0.05, 0) is 11.0 Å². The van der Waals surface area contributed by atoms with E-state index in [-0.39, 0.29) is 33.0 Å². The highest BCUT2D eigenvalue weighted by molar-refractivity contribution is 7.91. The van der Waals surface area contributed by atoms with E-state index in [1.54, 1.807) is 0 Å². The van der Waals surface area contributed by atoms with Crippen molar-refractivity contribution in [3.8, 4) is 5.75 Å². The Labute approximate surface area is 188 Å². The summed E-state index contributed by atoms with van der Waals surface area (Å²) in [4.78, 5) is 0. The van der Waals surface area contributed by atoms with Crippen LogP contribution in [0.5, 0.6) is 5.75 Å². The maximum atomic E-state index is 12.4. The minimum Gasteiger partial charge on any atom is -0.546 e. The summed E-state index contributed by atoms with van der Waals surface area (Å²) in [6.07, 6.45) is 0. The zero-order valence-electron chi connectivity index (χ0n) is 17.8. The predicted molar refractivity (Wildman–Crippen MR) is 123 cm³/mol. The van der Waals surface area contributed by atoms with Crippen molar-refractivity contribution in [3.63, 3.8) is 0 Å². The summed E-state index contributed by atoms with van der Waals surface area (Å²) < 4.78 is 45.7. The minimum atomic E-state index is -3.80. The van der Waals surface area contributed by atoms with E-state index in [1.165, 1.54) is 19.5 Å². The largest absolute Gasteiger partial charge is 0.546 e. The van der Waals surface area contributed by atoms with E-state index < -0.39 is 26.9 Å². The molecule has 0 aliphatic carbocycles. The third-order valence-electron chi connectivity index (χ3n) is 4.54. The van der Waals surface area contributed by atoms with Crippen LogP contribution in [0, 0.1) is 5.41 Å². The third kappa shape index (κ3) is 4.99. The third-order valence-corrected chi connectivity index (χ3v) is 8.53. The lowest BCUT2D eigenvalue weighted by Crippen LogP contribution is -2.26. The Balaban J connectivity index is 1.94. The number of hydrogen-bond donors (Lipinski definition) is 3. The fourth-order valence-electron chi connectivity index (χ4n) is 2.92. The van der Waals surface area contributed by atoms with Crippen molar-refractivity contribution in [2.45, 2.75) is 31.0 Å². The molecule has 0 spiro atoms. The molecule has 168 valence electrons. The number of hydrogen-bond acceptors (Lipinski definition) is 9. The smallest absolute Gasteiger partial charge is 0.255 e. The summed E-state index contributed by atoms with van der Waals surface area (Å²) in [6, 6.07) is 9.61. The average molecular weight is 484 g/mol. The quantitative estimate of drug-likeness (QED) is 0.427. The summed E-state index contributed by atoms with van der Waals surface area (Å²) in [7, 11) is -1.03. The molecule has 0 bridgehead atoms. The number of aromatic nitrogens is 2. The Hall–Kier alpha value is -2.25. The molecule has 0 aliphatic heterocycles. The predicted octanol–water partition coefficient (Wildman–Crippen LogP) is 4.16. The van der Waals surface area contributed by atoms with E-state index in [4.69, 9.17) is 0 Å². The zero-order chi connectivity index (χ0) is 23.0. The van der Waals surface area contributed by atoms with Crippen molar-refractivity contribution in [2.75, 3.05) is 24.7 Å². The Bertz CT molecular complexity index is 1150. The van der Waals surface area contributed by atoms with Gasteiger partial charge in [-0.15, -0.1) is 11.3 Å².